The molecule has 1 saturated carbocycles. The van der Waals surface area contributed by atoms with Crippen molar-refractivity contribution in [3.63, 3.8) is 0 Å². The number of urea groups is 1. The number of carbonyl (C=O) groups is 1. The van der Waals surface area contributed by atoms with Gasteiger partial charge in [0.05, 0.1) is 0 Å². The Morgan fingerprint density at radius 1 is 1.38 bits per heavy atom. The fraction of sp³-hybridized carbons (Fsp3) is 0.562. The largest absolute Gasteiger partial charge is 0.396 e. The molecule has 0 aromatic heterocycles. The van der Waals surface area contributed by atoms with Crippen molar-refractivity contribution in [2.75, 3.05) is 13.2 Å². The molecule has 2 amide bonds. The second-order valence-corrected chi connectivity index (χ2v) is 5.88. The van der Waals surface area contributed by atoms with Crippen molar-refractivity contribution in [2.24, 2.45) is 0 Å². The van der Waals surface area contributed by atoms with Gasteiger partial charge in [-0.3, -0.25) is 0 Å². The highest BCUT2D eigenvalue weighted by Gasteiger charge is 2.44. The molecule has 5 heteroatoms. The molecule has 1 aliphatic carbocycles. The van der Waals surface area contributed by atoms with Gasteiger partial charge in [-0.15, -0.1) is 0 Å². The zero-order valence-electron chi connectivity index (χ0n) is 12.4. The van der Waals surface area contributed by atoms with Crippen LogP contribution in [0.2, 0.25) is 0 Å². The lowest BCUT2D eigenvalue weighted by Gasteiger charge is -2.19. The maximum absolute atomic E-state index is 13.0. The predicted octanol–water partition coefficient (Wildman–Crippen LogP) is 2.32. The highest BCUT2D eigenvalue weighted by Crippen LogP contribution is 2.47. The van der Waals surface area contributed by atoms with Crippen molar-refractivity contribution < 1.29 is 14.3 Å². The van der Waals surface area contributed by atoms with Crippen LogP contribution in [0.4, 0.5) is 9.18 Å². The number of halogens is 1. The molecular weight excluding hydrogens is 271 g/mol. The average Bonchev–Trinajstić information content (AvgIpc) is 3.25. The van der Waals surface area contributed by atoms with E-state index in [1.54, 1.807) is 12.1 Å². The number of aliphatic hydroxyl groups excluding tert-OH is 1. The summed E-state index contributed by atoms with van der Waals surface area (Å²) in [6.45, 7) is 2.63. The molecule has 116 valence electrons. The van der Waals surface area contributed by atoms with Crippen molar-refractivity contribution >= 4 is 6.03 Å². The molecule has 4 nitrogen and oxygen atoms in total. The van der Waals surface area contributed by atoms with Gasteiger partial charge in [0.1, 0.15) is 5.82 Å². The van der Waals surface area contributed by atoms with Gasteiger partial charge in [0.15, 0.2) is 0 Å². The number of carbonyl (C=O) groups excluding carboxylic acids is 1. The number of rotatable bonds is 7. The number of aliphatic hydroxyl groups is 1. The molecule has 0 heterocycles. The van der Waals surface area contributed by atoms with E-state index in [1.165, 1.54) is 12.1 Å². The van der Waals surface area contributed by atoms with Gasteiger partial charge < -0.3 is 15.7 Å². The lowest BCUT2D eigenvalue weighted by atomic mass is 9.96. The molecule has 1 atom stereocenters. The maximum atomic E-state index is 13.0. The molecule has 1 fully saturated rings. The third-order valence-electron chi connectivity index (χ3n) is 4.07. The van der Waals surface area contributed by atoms with Crippen LogP contribution in [0.1, 0.15) is 38.2 Å². The summed E-state index contributed by atoms with van der Waals surface area (Å²) in [7, 11) is 0. The first-order valence-corrected chi connectivity index (χ1v) is 7.47. The average molecular weight is 294 g/mol. The monoisotopic (exact) mass is 294 g/mol. The maximum Gasteiger partial charge on any atom is 0.315 e. The minimum atomic E-state index is -0.238. The van der Waals surface area contributed by atoms with Crippen LogP contribution >= 0.6 is 0 Å². The molecule has 1 aromatic carbocycles. The van der Waals surface area contributed by atoms with Crippen molar-refractivity contribution in [1.29, 1.82) is 0 Å². The zero-order valence-corrected chi connectivity index (χ0v) is 12.4. The summed E-state index contributed by atoms with van der Waals surface area (Å²) >= 11 is 0. The SMILES string of the molecule is CC(CCCO)NC(=O)NCC1(c2ccc(F)cc2)CC1. The number of amides is 2. The van der Waals surface area contributed by atoms with E-state index in [1.807, 2.05) is 6.92 Å². The summed E-state index contributed by atoms with van der Waals surface area (Å²) < 4.78 is 13.0. The molecule has 1 aromatic rings. The summed E-state index contributed by atoms with van der Waals surface area (Å²) in [5, 5.41) is 14.5. The molecule has 1 unspecified atom stereocenters. The molecule has 21 heavy (non-hydrogen) atoms. The third kappa shape index (κ3) is 4.43. The van der Waals surface area contributed by atoms with Gasteiger partial charge >= 0.3 is 6.03 Å². The molecule has 0 bridgehead atoms. The highest BCUT2D eigenvalue weighted by atomic mass is 19.1. The van der Waals surface area contributed by atoms with Gasteiger partial charge in [-0.2, -0.15) is 0 Å². The second kappa shape index (κ2) is 6.89. The molecule has 1 aliphatic rings. The van der Waals surface area contributed by atoms with Crippen LogP contribution in [0, 0.1) is 5.82 Å². The van der Waals surface area contributed by atoms with Gasteiger partial charge in [-0.05, 0) is 50.3 Å². The summed E-state index contributed by atoms with van der Waals surface area (Å²) in [4.78, 5) is 11.8. The number of nitrogens with one attached hydrogen (secondary N) is 2. The van der Waals surface area contributed by atoms with E-state index in [-0.39, 0.29) is 29.9 Å². The Bertz CT molecular complexity index is 472. The molecular formula is C16H23FN2O2. The van der Waals surface area contributed by atoms with Crippen LogP contribution in [0.3, 0.4) is 0 Å². The van der Waals surface area contributed by atoms with Gasteiger partial charge in [-0.1, -0.05) is 12.1 Å². The first-order valence-electron chi connectivity index (χ1n) is 7.47. The molecule has 0 aliphatic heterocycles. The zero-order chi connectivity index (χ0) is 15.3. The fourth-order valence-corrected chi connectivity index (χ4v) is 2.52. The molecule has 0 saturated heterocycles. The Hall–Kier alpha value is -1.62. The van der Waals surface area contributed by atoms with Gasteiger partial charge in [0.2, 0.25) is 0 Å². The van der Waals surface area contributed by atoms with E-state index >= 15 is 0 Å². The fourth-order valence-electron chi connectivity index (χ4n) is 2.52. The standard InChI is InChI=1S/C16H23FN2O2/c1-12(3-2-10-20)19-15(21)18-11-16(8-9-16)13-4-6-14(17)7-5-13/h4-7,12,20H,2-3,8-11H2,1H3,(H2,18,19,21). The Morgan fingerprint density at radius 3 is 2.62 bits per heavy atom. The number of benzene rings is 1. The Labute approximate surface area is 124 Å². The highest BCUT2D eigenvalue weighted by molar-refractivity contribution is 5.74. The third-order valence-corrected chi connectivity index (χ3v) is 4.07. The number of hydrogen-bond donors (Lipinski definition) is 3. The van der Waals surface area contributed by atoms with Crippen molar-refractivity contribution in [3.8, 4) is 0 Å². The van der Waals surface area contributed by atoms with Crippen molar-refractivity contribution in [2.45, 2.75) is 44.1 Å². The van der Waals surface area contributed by atoms with E-state index in [0.717, 1.165) is 24.8 Å². The van der Waals surface area contributed by atoms with Gasteiger partial charge in [0, 0.05) is 24.6 Å². The summed E-state index contributed by atoms with van der Waals surface area (Å²) in [6.07, 6.45) is 3.46. The van der Waals surface area contributed by atoms with E-state index in [4.69, 9.17) is 5.11 Å². The van der Waals surface area contributed by atoms with Crippen LogP contribution in [-0.4, -0.2) is 30.3 Å². The van der Waals surface area contributed by atoms with Crippen molar-refractivity contribution in [3.05, 3.63) is 35.6 Å². The minimum Gasteiger partial charge on any atom is -0.396 e. The summed E-state index contributed by atoms with van der Waals surface area (Å²) in [6, 6.07) is 6.38. The van der Waals surface area contributed by atoms with Crippen LogP contribution in [0.15, 0.2) is 24.3 Å². The Kier molecular flexibility index (Phi) is 5.17. The van der Waals surface area contributed by atoms with E-state index in [0.29, 0.717) is 13.0 Å². The van der Waals surface area contributed by atoms with E-state index in [9.17, 15) is 9.18 Å². The summed E-state index contributed by atoms with van der Waals surface area (Å²) in [5.41, 5.74) is 1.05. The normalized spacial score (nSPS) is 17.1. The molecule has 2 rings (SSSR count). The lowest BCUT2D eigenvalue weighted by molar-refractivity contribution is 0.233. The molecule has 3 N–H and O–H groups in total. The lowest BCUT2D eigenvalue weighted by Crippen LogP contribution is -2.43. The van der Waals surface area contributed by atoms with Gasteiger partial charge in [0.25, 0.3) is 0 Å². The summed E-state index contributed by atoms with van der Waals surface area (Å²) in [5.74, 6) is -0.238. The predicted molar refractivity (Wildman–Crippen MR) is 79.6 cm³/mol. The van der Waals surface area contributed by atoms with Gasteiger partial charge in [-0.25, -0.2) is 9.18 Å². The van der Waals surface area contributed by atoms with Crippen LogP contribution in [0.5, 0.6) is 0 Å². The van der Waals surface area contributed by atoms with Crippen LogP contribution < -0.4 is 10.6 Å². The first-order chi connectivity index (χ1) is 10.1. The Morgan fingerprint density at radius 2 is 2.05 bits per heavy atom. The topological polar surface area (TPSA) is 61.4 Å². The van der Waals surface area contributed by atoms with Crippen LogP contribution in [0.25, 0.3) is 0 Å². The van der Waals surface area contributed by atoms with E-state index < -0.39 is 0 Å². The van der Waals surface area contributed by atoms with Crippen LogP contribution in [-0.2, 0) is 5.41 Å². The second-order valence-electron chi connectivity index (χ2n) is 5.88. The number of hydrogen-bond acceptors (Lipinski definition) is 2. The van der Waals surface area contributed by atoms with E-state index in [2.05, 4.69) is 10.6 Å². The molecule has 0 spiro atoms. The Balaban J connectivity index is 1.79. The molecule has 0 radical (unpaired) electrons. The first kappa shape index (κ1) is 15.8. The van der Waals surface area contributed by atoms with Crippen molar-refractivity contribution in [1.82, 2.24) is 10.6 Å². The minimum absolute atomic E-state index is 0.0284. The quantitative estimate of drug-likeness (QED) is 0.722. The smallest absolute Gasteiger partial charge is 0.315 e.